The summed E-state index contributed by atoms with van der Waals surface area (Å²) in [5, 5.41) is 3.28. The van der Waals surface area contributed by atoms with E-state index < -0.39 is 5.54 Å². The molecule has 2 heterocycles. The van der Waals surface area contributed by atoms with Crippen molar-refractivity contribution in [2.45, 2.75) is 24.8 Å². The summed E-state index contributed by atoms with van der Waals surface area (Å²) in [7, 11) is 0. The van der Waals surface area contributed by atoms with Gasteiger partial charge in [0, 0.05) is 12.4 Å². The van der Waals surface area contributed by atoms with Gasteiger partial charge in [-0.2, -0.15) is 0 Å². The van der Waals surface area contributed by atoms with E-state index in [9.17, 15) is 4.79 Å². The fourth-order valence-corrected chi connectivity index (χ4v) is 2.95. The molecule has 1 aliphatic heterocycles. The number of nitrogens with zero attached hydrogens (tertiary/aromatic N) is 1. The molecule has 1 atom stereocenters. The molecule has 21 heavy (non-hydrogen) atoms. The van der Waals surface area contributed by atoms with Crippen molar-refractivity contribution in [3.8, 4) is 11.1 Å². The van der Waals surface area contributed by atoms with Crippen LogP contribution in [-0.2, 0) is 11.2 Å². The third kappa shape index (κ3) is 2.81. The van der Waals surface area contributed by atoms with Crippen LogP contribution >= 0.6 is 0 Å². The number of amides is 1. The highest BCUT2D eigenvalue weighted by Gasteiger charge is 2.39. The van der Waals surface area contributed by atoms with Crippen LogP contribution in [0.2, 0.25) is 0 Å². The summed E-state index contributed by atoms with van der Waals surface area (Å²) in [6, 6.07) is 12.2. The van der Waals surface area contributed by atoms with E-state index >= 15 is 0 Å². The Morgan fingerprint density at radius 2 is 2.05 bits per heavy atom. The van der Waals surface area contributed by atoms with Crippen LogP contribution in [0.1, 0.15) is 18.4 Å². The lowest BCUT2D eigenvalue weighted by Crippen LogP contribution is -2.53. The maximum absolute atomic E-state index is 11.8. The molecule has 0 saturated carbocycles. The van der Waals surface area contributed by atoms with Gasteiger partial charge >= 0.3 is 0 Å². The zero-order valence-corrected chi connectivity index (χ0v) is 11.9. The van der Waals surface area contributed by atoms with Crippen LogP contribution in [0.5, 0.6) is 0 Å². The second-order valence-corrected chi connectivity index (χ2v) is 5.59. The summed E-state index contributed by atoms with van der Waals surface area (Å²) in [4.78, 5) is 15.9. The molecule has 1 unspecified atom stereocenters. The highest BCUT2D eigenvalue weighted by Crippen LogP contribution is 2.25. The Balaban J connectivity index is 1.80. The monoisotopic (exact) mass is 281 g/mol. The van der Waals surface area contributed by atoms with Gasteiger partial charge in [-0.05, 0) is 48.6 Å². The van der Waals surface area contributed by atoms with Gasteiger partial charge in [-0.3, -0.25) is 9.78 Å². The minimum Gasteiger partial charge on any atom is -0.368 e. The van der Waals surface area contributed by atoms with Crippen molar-refractivity contribution in [2.75, 3.05) is 6.54 Å². The molecule has 0 bridgehead atoms. The highest BCUT2D eigenvalue weighted by atomic mass is 16.1. The third-order valence-corrected chi connectivity index (χ3v) is 4.17. The molecule has 3 rings (SSSR count). The Morgan fingerprint density at radius 3 is 2.62 bits per heavy atom. The van der Waals surface area contributed by atoms with Gasteiger partial charge < -0.3 is 11.1 Å². The topological polar surface area (TPSA) is 68.0 Å². The van der Waals surface area contributed by atoms with Crippen molar-refractivity contribution in [1.29, 1.82) is 0 Å². The van der Waals surface area contributed by atoms with Crippen LogP contribution in [-0.4, -0.2) is 23.0 Å². The van der Waals surface area contributed by atoms with E-state index in [1.807, 2.05) is 18.3 Å². The zero-order chi connectivity index (χ0) is 14.7. The number of aromatic nitrogens is 1. The number of nitrogens with one attached hydrogen (secondary N) is 1. The van der Waals surface area contributed by atoms with Crippen molar-refractivity contribution in [1.82, 2.24) is 10.3 Å². The predicted molar refractivity (Wildman–Crippen MR) is 82.5 cm³/mol. The average Bonchev–Trinajstić information content (AvgIpc) is 2.99. The second kappa shape index (κ2) is 5.66. The van der Waals surface area contributed by atoms with Crippen molar-refractivity contribution in [3.63, 3.8) is 0 Å². The number of hydrogen-bond acceptors (Lipinski definition) is 3. The molecule has 0 radical (unpaired) electrons. The van der Waals surface area contributed by atoms with Gasteiger partial charge in [-0.15, -0.1) is 0 Å². The van der Waals surface area contributed by atoms with Crippen LogP contribution in [0.4, 0.5) is 0 Å². The fraction of sp³-hybridized carbons (Fsp3) is 0.294. The van der Waals surface area contributed by atoms with Gasteiger partial charge in [0.1, 0.15) is 5.54 Å². The first-order valence-corrected chi connectivity index (χ1v) is 7.24. The summed E-state index contributed by atoms with van der Waals surface area (Å²) in [5.74, 6) is -0.253. The Kier molecular flexibility index (Phi) is 3.71. The lowest BCUT2D eigenvalue weighted by molar-refractivity contribution is -0.123. The molecular formula is C17H19N3O. The maximum atomic E-state index is 11.8. The molecule has 3 N–H and O–H groups in total. The first-order valence-electron chi connectivity index (χ1n) is 7.24. The van der Waals surface area contributed by atoms with Gasteiger partial charge in [0.15, 0.2) is 0 Å². The lowest BCUT2D eigenvalue weighted by atomic mass is 9.88. The van der Waals surface area contributed by atoms with Crippen LogP contribution < -0.4 is 11.1 Å². The van der Waals surface area contributed by atoms with Gasteiger partial charge in [-0.1, -0.05) is 30.3 Å². The van der Waals surface area contributed by atoms with Crippen molar-refractivity contribution in [3.05, 3.63) is 54.4 Å². The van der Waals surface area contributed by atoms with E-state index in [2.05, 4.69) is 34.6 Å². The van der Waals surface area contributed by atoms with Crippen molar-refractivity contribution in [2.24, 2.45) is 5.73 Å². The molecule has 0 spiro atoms. The lowest BCUT2D eigenvalue weighted by Gasteiger charge is -2.25. The van der Waals surface area contributed by atoms with E-state index in [1.54, 1.807) is 6.20 Å². The summed E-state index contributed by atoms with van der Waals surface area (Å²) < 4.78 is 0. The third-order valence-electron chi connectivity index (χ3n) is 4.17. The molecule has 4 heteroatoms. The highest BCUT2D eigenvalue weighted by molar-refractivity contribution is 5.85. The minimum absolute atomic E-state index is 0.253. The Morgan fingerprint density at radius 1 is 1.24 bits per heavy atom. The first kappa shape index (κ1) is 13.8. The number of rotatable bonds is 4. The number of pyridine rings is 1. The molecule has 1 saturated heterocycles. The zero-order valence-electron chi connectivity index (χ0n) is 11.9. The number of hydrogen-bond donors (Lipinski definition) is 2. The Bertz CT molecular complexity index is 616. The molecular weight excluding hydrogens is 262 g/mol. The Hall–Kier alpha value is -2.20. The molecule has 1 aliphatic rings. The van der Waals surface area contributed by atoms with Gasteiger partial charge in [-0.25, -0.2) is 0 Å². The quantitative estimate of drug-likeness (QED) is 0.899. The molecule has 1 aromatic heterocycles. The molecule has 1 amide bonds. The summed E-state index contributed by atoms with van der Waals surface area (Å²) in [6.07, 6.45) is 6.07. The first-order chi connectivity index (χ1) is 10.2. The molecule has 0 aliphatic carbocycles. The standard InChI is InChI=1S/C17H19N3O/c18-16(21)17(8-2-10-20-17)11-13-4-6-14(7-5-13)15-3-1-9-19-12-15/h1,3-7,9,12,20H,2,8,10-11H2,(H2,18,21). The molecule has 4 nitrogen and oxygen atoms in total. The van der Waals surface area contributed by atoms with Crippen LogP contribution in [0.3, 0.4) is 0 Å². The van der Waals surface area contributed by atoms with Crippen LogP contribution in [0, 0.1) is 0 Å². The number of primary amides is 1. The van der Waals surface area contributed by atoms with E-state index in [1.165, 1.54) is 0 Å². The SMILES string of the molecule is NC(=O)C1(Cc2ccc(-c3cccnc3)cc2)CCCN1. The number of carbonyl (C=O) groups excluding carboxylic acids is 1. The van der Waals surface area contributed by atoms with Crippen molar-refractivity contribution >= 4 is 5.91 Å². The summed E-state index contributed by atoms with van der Waals surface area (Å²) >= 11 is 0. The van der Waals surface area contributed by atoms with Crippen LogP contribution in [0.15, 0.2) is 48.8 Å². The maximum Gasteiger partial charge on any atom is 0.238 e. The summed E-state index contributed by atoms with van der Waals surface area (Å²) in [6.45, 7) is 0.858. The van der Waals surface area contributed by atoms with Gasteiger partial charge in [0.25, 0.3) is 0 Å². The van der Waals surface area contributed by atoms with E-state index in [0.717, 1.165) is 36.1 Å². The summed E-state index contributed by atoms with van der Waals surface area (Å²) in [5.41, 5.74) is 8.35. The smallest absolute Gasteiger partial charge is 0.238 e. The Labute approximate surface area is 124 Å². The van der Waals surface area contributed by atoms with Crippen LogP contribution in [0.25, 0.3) is 11.1 Å². The van der Waals surface area contributed by atoms with Crippen molar-refractivity contribution < 1.29 is 4.79 Å². The fourth-order valence-electron chi connectivity index (χ4n) is 2.95. The number of nitrogens with two attached hydrogens (primary N) is 1. The largest absolute Gasteiger partial charge is 0.368 e. The van der Waals surface area contributed by atoms with Gasteiger partial charge in [0.05, 0.1) is 0 Å². The van der Waals surface area contributed by atoms with E-state index in [-0.39, 0.29) is 5.91 Å². The van der Waals surface area contributed by atoms with E-state index in [4.69, 9.17) is 5.73 Å². The van der Waals surface area contributed by atoms with E-state index in [0.29, 0.717) is 6.42 Å². The predicted octanol–water partition coefficient (Wildman–Crippen LogP) is 1.90. The molecule has 1 aromatic carbocycles. The molecule has 2 aromatic rings. The number of carbonyl (C=O) groups is 1. The molecule has 108 valence electrons. The number of benzene rings is 1. The second-order valence-electron chi connectivity index (χ2n) is 5.59. The molecule has 1 fully saturated rings. The normalized spacial score (nSPS) is 21.3. The minimum atomic E-state index is -0.574. The van der Waals surface area contributed by atoms with Gasteiger partial charge in [0.2, 0.25) is 5.91 Å². The average molecular weight is 281 g/mol.